The van der Waals surface area contributed by atoms with E-state index in [1.807, 2.05) is 20.8 Å². The molecule has 0 aromatic heterocycles. The van der Waals surface area contributed by atoms with Gasteiger partial charge in [-0.25, -0.2) is 4.79 Å². The highest BCUT2D eigenvalue weighted by Gasteiger charge is 2.21. The van der Waals surface area contributed by atoms with Crippen LogP contribution in [0.5, 0.6) is 0 Å². The fraction of sp³-hybridized carbons (Fsp3) is 0.552. The maximum atomic E-state index is 11.8. The predicted molar refractivity (Wildman–Crippen MR) is 139 cm³/mol. The molecule has 3 nitrogen and oxygen atoms in total. The quantitative estimate of drug-likeness (QED) is 0.129. The molecular weight excluding hydrogens is 396 g/mol. The van der Waals surface area contributed by atoms with Crippen molar-refractivity contribution in [3.8, 4) is 0 Å². The number of esters is 1. The summed E-state index contributed by atoms with van der Waals surface area (Å²) in [4.78, 5) is 11.8. The molecule has 0 spiro atoms. The first-order valence-corrected chi connectivity index (χ1v) is 12.1. The lowest BCUT2D eigenvalue weighted by Crippen LogP contribution is -2.31. The molecule has 32 heavy (non-hydrogen) atoms. The Balaban J connectivity index is 3.64. The molecule has 0 aliphatic rings. The van der Waals surface area contributed by atoms with Gasteiger partial charge in [-0.2, -0.15) is 0 Å². The van der Waals surface area contributed by atoms with Gasteiger partial charge in [0.2, 0.25) is 0 Å². The van der Waals surface area contributed by atoms with Gasteiger partial charge < -0.3 is 9.47 Å². The van der Waals surface area contributed by atoms with Crippen molar-refractivity contribution in [3.63, 3.8) is 0 Å². The van der Waals surface area contributed by atoms with Crippen LogP contribution in [0, 0.1) is 0 Å². The van der Waals surface area contributed by atoms with Crippen molar-refractivity contribution >= 4 is 5.97 Å². The maximum Gasteiger partial charge on any atom is 0.335 e. The van der Waals surface area contributed by atoms with Gasteiger partial charge in [-0.3, -0.25) is 0 Å². The Kier molecular flexibility index (Phi) is 19.4. The minimum Gasteiger partial charge on any atom is -0.458 e. The summed E-state index contributed by atoms with van der Waals surface area (Å²) in [5.74, 6) is -0.300. The van der Waals surface area contributed by atoms with Crippen LogP contribution in [0.2, 0.25) is 0 Å². The largest absolute Gasteiger partial charge is 0.458 e. The molecule has 0 aliphatic carbocycles. The van der Waals surface area contributed by atoms with Crippen LogP contribution in [0.3, 0.4) is 0 Å². The van der Waals surface area contributed by atoms with E-state index in [-0.39, 0.29) is 5.97 Å². The molecule has 1 atom stereocenters. The summed E-state index contributed by atoms with van der Waals surface area (Å²) in [6, 6.07) is 0. The average Bonchev–Trinajstić information content (AvgIpc) is 2.73. The molecule has 1 unspecified atom stereocenters. The third-order valence-corrected chi connectivity index (χ3v) is 4.22. The van der Waals surface area contributed by atoms with Gasteiger partial charge in [0, 0.05) is 6.61 Å². The van der Waals surface area contributed by atoms with E-state index in [0.717, 1.165) is 51.4 Å². The third-order valence-electron chi connectivity index (χ3n) is 4.22. The second-order valence-corrected chi connectivity index (χ2v) is 8.60. The van der Waals surface area contributed by atoms with Crippen LogP contribution in [0.15, 0.2) is 72.9 Å². The van der Waals surface area contributed by atoms with Crippen molar-refractivity contribution in [2.24, 2.45) is 0 Å². The molecule has 0 rings (SSSR count). The van der Waals surface area contributed by atoms with Crippen LogP contribution >= 0.6 is 0 Å². The van der Waals surface area contributed by atoms with Crippen molar-refractivity contribution in [1.29, 1.82) is 0 Å². The van der Waals surface area contributed by atoms with Crippen LogP contribution in [0.1, 0.15) is 86.0 Å². The number of ether oxygens (including phenoxy) is 2. The van der Waals surface area contributed by atoms with E-state index in [1.54, 1.807) is 6.92 Å². The number of unbranched alkanes of at least 4 members (excludes halogenated alkanes) is 1. The minimum absolute atomic E-state index is 0.300. The first kappa shape index (κ1) is 29.9. The summed E-state index contributed by atoms with van der Waals surface area (Å²) < 4.78 is 10.8. The Morgan fingerprint density at radius 2 is 1.12 bits per heavy atom. The smallest absolute Gasteiger partial charge is 0.335 e. The standard InChI is InChI=1S/C29H46O3/c1-6-7-8-9-10-11-12-13-14-15-16-17-18-19-20-21-22-23-24-25-26-31-27(2)28(30)32-29(3,4)5/h7-8,10-11,13-14,16-17,19-20,22-23,27H,6,9,12,15,18,21,24-26H2,1-5H3/b8-7-,11-10-,14-13-,17-16-,20-19-,23-22-. The fourth-order valence-corrected chi connectivity index (χ4v) is 2.55. The van der Waals surface area contributed by atoms with Crippen LogP contribution in [-0.2, 0) is 14.3 Å². The third kappa shape index (κ3) is 22.6. The summed E-state index contributed by atoms with van der Waals surface area (Å²) in [7, 11) is 0. The number of carbonyl (C=O) groups excluding carboxylic acids is 1. The molecule has 0 saturated heterocycles. The van der Waals surface area contributed by atoms with Gasteiger partial charge in [0.05, 0.1) is 0 Å². The number of rotatable bonds is 17. The predicted octanol–water partition coefficient (Wildman–Crippen LogP) is 8.21. The zero-order valence-corrected chi connectivity index (χ0v) is 21.1. The van der Waals surface area contributed by atoms with Crippen LogP contribution in [0.4, 0.5) is 0 Å². The molecular formula is C29H46O3. The summed E-state index contributed by atoms with van der Waals surface area (Å²) in [6.07, 6.45) is 33.8. The number of hydrogen-bond donors (Lipinski definition) is 0. The van der Waals surface area contributed by atoms with Crippen LogP contribution < -0.4 is 0 Å². The lowest BCUT2D eigenvalue weighted by atomic mass is 10.2. The Morgan fingerprint density at radius 1 is 0.719 bits per heavy atom. The highest BCUT2D eigenvalue weighted by atomic mass is 16.6. The monoisotopic (exact) mass is 442 g/mol. The molecule has 0 aromatic carbocycles. The Hall–Kier alpha value is -2.13. The Labute approximate surface area is 197 Å². The van der Waals surface area contributed by atoms with E-state index in [4.69, 9.17) is 9.47 Å². The van der Waals surface area contributed by atoms with E-state index < -0.39 is 11.7 Å². The second kappa shape index (κ2) is 20.8. The molecule has 0 radical (unpaired) electrons. The van der Waals surface area contributed by atoms with Gasteiger partial charge in [0.15, 0.2) is 6.10 Å². The molecule has 3 heteroatoms. The number of carbonyl (C=O) groups is 1. The van der Waals surface area contributed by atoms with Crippen molar-refractivity contribution in [2.75, 3.05) is 6.61 Å². The van der Waals surface area contributed by atoms with Gasteiger partial charge in [-0.1, -0.05) is 79.8 Å². The van der Waals surface area contributed by atoms with Crippen molar-refractivity contribution in [1.82, 2.24) is 0 Å². The molecule has 180 valence electrons. The zero-order valence-electron chi connectivity index (χ0n) is 21.1. The van der Waals surface area contributed by atoms with E-state index >= 15 is 0 Å². The van der Waals surface area contributed by atoms with Gasteiger partial charge in [-0.15, -0.1) is 0 Å². The Bertz CT molecular complexity index is 627. The maximum absolute atomic E-state index is 11.8. The molecule has 0 fully saturated rings. The summed E-state index contributed by atoms with van der Waals surface area (Å²) >= 11 is 0. The molecule has 0 aliphatic heterocycles. The molecule has 0 amide bonds. The topological polar surface area (TPSA) is 35.5 Å². The van der Waals surface area contributed by atoms with E-state index in [2.05, 4.69) is 79.8 Å². The van der Waals surface area contributed by atoms with E-state index in [9.17, 15) is 4.79 Å². The first-order valence-electron chi connectivity index (χ1n) is 12.1. The molecule has 0 N–H and O–H groups in total. The number of allylic oxidation sites excluding steroid dienone is 12. The Morgan fingerprint density at radius 3 is 1.53 bits per heavy atom. The van der Waals surface area contributed by atoms with E-state index in [1.165, 1.54) is 0 Å². The average molecular weight is 443 g/mol. The van der Waals surface area contributed by atoms with Gasteiger partial charge in [0.25, 0.3) is 0 Å². The molecule has 0 saturated carbocycles. The molecule has 0 heterocycles. The lowest BCUT2D eigenvalue weighted by molar-refractivity contribution is -0.167. The van der Waals surface area contributed by atoms with Crippen molar-refractivity contribution in [2.45, 2.75) is 97.7 Å². The summed E-state index contributed by atoms with van der Waals surface area (Å²) in [5, 5.41) is 0. The van der Waals surface area contributed by atoms with Gasteiger partial charge >= 0.3 is 5.97 Å². The minimum atomic E-state index is -0.514. The number of hydrogen-bond acceptors (Lipinski definition) is 3. The van der Waals surface area contributed by atoms with Crippen LogP contribution in [-0.4, -0.2) is 24.3 Å². The van der Waals surface area contributed by atoms with Gasteiger partial charge in [0.1, 0.15) is 5.60 Å². The van der Waals surface area contributed by atoms with Crippen molar-refractivity contribution < 1.29 is 14.3 Å². The molecule has 0 bridgehead atoms. The summed E-state index contributed by atoms with van der Waals surface area (Å²) in [6.45, 7) is 10.0. The van der Waals surface area contributed by atoms with E-state index in [0.29, 0.717) is 6.61 Å². The second-order valence-electron chi connectivity index (χ2n) is 8.60. The lowest BCUT2D eigenvalue weighted by Gasteiger charge is -2.22. The SMILES string of the molecule is CC/C=C\C/C=C\C/C=C\C/C=C\C/C=C\C/C=C\CCCOC(C)C(=O)OC(C)(C)C. The highest BCUT2D eigenvalue weighted by Crippen LogP contribution is 2.10. The van der Waals surface area contributed by atoms with Crippen molar-refractivity contribution in [3.05, 3.63) is 72.9 Å². The summed E-state index contributed by atoms with van der Waals surface area (Å²) in [5.41, 5.74) is -0.471. The normalized spacial score (nSPS) is 14.3. The van der Waals surface area contributed by atoms with Crippen LogP contribution in [0.25, 0.3) is 0 Å². The first-order chi connectivity index (χ1) is 15.4. The fourth-order valence-electron chi connectivity index (χ4n) is 2.55. The molecule has 0 aromatic rings. The highest BCUT2D eigenvalue weighted by molar-refractivity contribution is 5.74. The zero-order chi connectivity index (χ0) is 23.9. The van der Waals surface area contributed by atoms with Gasteiger partial charge in [-0.05, 0) is 79.1 Å².